The third-order valence-corrected chi connectivity index (χ3v) is 7.55. The van der Waals surface area contributed by atoms with Crippen LogP contribution in [-0.2, 0) is 0 Å². The summed E-state index contributed by atoms with van der Waals surface area (Å²) in [6, 6.07) is 39.8. The van der Waals surface area contributed by atoms with Crippen molar-refractivity contribution in [1.82, 2.24) is 29.9 Å². The van der Waals surface area contributed by atoms with Crippen molar-refractivity contribution in [3.05, 3.63) is 144 Å². The van der Waals surface area contributed by atoms with Gasteiger partial charge in [-0.25, -0.2) is 15.0 Å². The molecule has 0 atom stereocenters. The van der Waals surface area contributed by atoms with Crippen molar-refractivity contribution >= 4 is 0 Å². The highest BCUT2D eigenvalue weighted by Gasteiger charge is 2.15. The summed E-state index contributed by atoms with van der Waals surface area (Å²) in [7, 11) is 0. The maximum absolute atomic E-state index is 9.41. The van der Waals surface area contributed by atoms with Crippen LogP contribution in [-0.4, -0.2) is 29.9 Å². The van der Waals surface area contributed by atoms with Crippen LogP contribution in [0.4, 0.5) is 0 Å². The first-order valence-electron chi connectivity index (χ1n) is 14.8. The van der Waals surface area contributed by atoms with Crippen LogP contribution in [0.2, 0.25) is 0 Å². The van der Waals surface area contributed by atoms with Crippen molar-refractivity contribution in [2.75, 3.05) is 0 Å². The van der Waals surface area contributed by atoms with Gasteiger partial charge in [0.25, 0.3) is 0 Å². The minimum Gasteiger partial charge on any atom is -0.256 e. The summed E-state index contributed by atoms with van der Waals surface area (Å²) in [5, 5.41) is 28.2. The van der Waals surface area contributed by atoms with E-state index in [1.54, 1.807) is 55.0 Å². The summed E-state index contributed by atoms with van der Waals surface area (Å²) >= 11 is 0. The van der Waals surface area contributed by atoms with Gasteiger partial charge in [0.2, 0.25) is 0 Å². The Morgan fingerprint density at radius 2 is 0.646 bits per heavy atom. The van der Waals surface area contributed by atoms with E-state index in [2.05, 4.69) is 33.2 Å². The van der Waals surface area contributed by atoms with E-state index in [4.69, 9.17) is 15.0 Å². The zero-order chi connectivity index (χ0) is 32.9. The predicted molar refractivity (Wildman–Crippen MR) is 180 cm³/mol. The highest BCUT2D eigenvalue weighted by atomic mass is 15.0. The quantitative estimate of drug-likeness (QED) is 0.184. The molecule has 3 aromatic carbocycles. The largest absolute Gasteiger partial charge is 0.256 e. The van der Waals surface area contributed by atoms with Gasteiger partial charge < -0.3 is 0 Å². The fourth-order valence-electron chi connectivity index (χ4n) is 5.19. The molecule has 9 heteroatoms. The Morgan fingerprint density at radius 3 is 0.938 bits per heavy atom. The van der Waals surface area contributed by atoms with Gasteiger partial charge in [0.1, 0.15) is 0 Å². The second-order valence-corrected chi connectivity index (χ2v) is 10.7. The molecule has 0 fully saturated rings. The van der Waals surface area contributed by atoms with Gasteiger partial charge >= 0.3 is 0 Å². The molecule has 7 aromatic rings. The normalized spacial score (nSPS) is 10.4. The van der Waals surface area contributed by atoms with Gasteiger partial charge in [0.05, 0.1) is 52.0 Å². The molecule has 0 saturated heterocycles. The van der Waals surface area contributed by atoms with Crippen LogP contribution >= 0.6 is 0 Å². The molecule has 0 N–H and O–H groups in total. The molecule has 0 aliphatic carbocycles. The average molecular weight is 616 g/mol. The Bertz CT molecular complexity index is 2180. The van der Waals surface area contributed by atoms with Crippen molar-refractivity contribution in [2.24, 2.45) is 0 Å². The van der Waals surface area contributed by atoms with Crippen LogP contribution in [0.15, 0.2) is 128 Å². The van der Waals surface area contributed by atoms with Crippen LogP contribution in [0.5, 0.6) is 0 Å². The molecule has 7 rings (SSSR count). The number of pyridine rings is 3. The zero-order valence-electron chi connectivity index (χ0n) is 25.1. The van der Waals surface area contributed by atoms with E-state index in [1.165, 1.54) is 0 Å². The Morgan fingerprint density at radius 1 is 0.354 bits per heavy atom. The summed E-state index contributed by atoms with van der Waals surface area (Å²) in [5.74, 6) is 1.33. The Labute approximate surface area is 275 Å². The monoisotopic (exact) mass is 615 g/mol. The molecule has 0 aliphatic heterocycles. The third-order valence-electron chi connectivity index (χ3n) is 7.55. The first-order valence-corrected chi connectivity index (χ1v) is 14.8. The van der Waals surface area contributed by atoms with E-state index in [0.717, 1.165) is 33.4 Å². The maximum Gasteiger partial charge on any atom is 0.164 e. The summed E-state index contributed by atoms with van der Waals surface area (Å²) in [4.78, 5) is 28.2. The van der Waals surface area contributed by atoms with Gasteiger partial charge in [-0.2, -0.15) is 15.8 Å². The number of hydrogen-bond donors (Lipinski definition) is 0. The van der Waals surface area contributed by atoms with Crippen LogP contribution in [0.3, 0.4) is 0 Å². The minimum absolute atomic E-state index is 0.443. The second-order valence-electron chi connectivity index (χ2n) is 10.7. The van der Waals surface area contributed by atoms with E-state index >= 15 is 0 Å². The molecule has 0 amide bonds. The molecule has 0 saturated carbocycles. The zero-order valence-corrected chi connectivity index (χ0v) is 25.1. The van der Waals surface area contributed by atoms with E-state index < -0.39 is 0 Å². The first kappa shape index (κ1) is 29.3. The number of benzene rings is 3. The van der Waals surface area contributed by atoms with Gasteiger partial charge in [0, 0.05) is 52.0 Å². The predicted octanol–water partition coefficient (Wildman–Crippen LogP) is 7.67. The number of rotatable bonds is 6. The molecule has 48 heavy (non-hydrogen) atoms. The number of hydrogen-bond acceptors (Lipinski definition) is 9. The fourth-order valence-corrected chi connectivity index (χ4v) is 5.19. The van der Waals surface area contributed by atoms with Crippen molar-refractivity contribution in [3.8, 4) is 86.1 Å². The number of nitrogens with zero attached hydrogens (tertiary/aromatic N) is 9. The Balaban J connectivity index is 1.38. The molecule has 0 unspecified atom stereocenters. The lowest BCUT2D eigenvalue weighted by atomic mass is 10.0. The molecule has 4 heterocycles. The molecule has 9 nitrogen and oxygen atoms in total. The van der Waals surface area contributed by atoms with Gasteiger partial charge in [-0.05, 0) is 54.6 Å². The molecule has 0 spiro atoms. The van der Waals surface area contributed by atoms with Crippen LogP contribution in [0.25, 0.3) is 67.9 Å². The minimum atomic E-state index is 0.443. The number of nitriles is 3. The highest BCUT2D eigenvalue weighted by Crippen LogP contribution is 2.31. The van der Waals surface area contributed by atoms with Gasteiger partial charge in [-0.15, -0.1) is 0 Å². The lowest BCUT2D eigenvalue weighted by Gasteiger charge is -2.11. The molecule has 0 aliphatic rings. The molecular formula is C39H21N9. The first-order chi connectivity index (χ1) is 23.6. The van der Waals surface area contributed by atoms with Crippen molar-refractivity contribution in [2.45, 2.75) is 0 Å². The summed E-state index contributed by atoms with van der Waals surface area (Å²) in [5.41, 5.74) is 8.15. The third kappa shape index (κ3) is 6.09. The summed E-state index contributed by atoms with van der Waals surface area (Å²) < 4.78 is 0. The van der Waals surface area contributed by atoms with Crippen LogP contribution in [0.1, 0.15) is 16.7 Å². The van der Waals surface area contributed by atoms with Gasteiger partial charge in [0.15, 0.2) is 17.5 Å². The maximum atomic E-state index is 9.41. The number of aromatic nitrogens is 6. The topological polar surface area (TPSA) is 149 Å². The lowest BCUT2D eigenvalue weighted by molar-refractivity contribution is 1.07. The fraction of sp³-hybridized carbons (Fsp3) is 0. The van der Waals surface area contributed by atoms with E-state index in [-0.39, 0.29) is 0 Å². The van der Waals surface area contributed by atoms with Crippen LogP contribution in [0, 0.1) is 34.0 Å². The average Bonchev–Trinajstić information content (AvgIpc) is 3.18. The van der Waals surface area contributed by atoms with Crippen molar-refractivity contribution in [3.63, 3.8) is 0 Å². The van der Waals surface area contributed by atoms with Gasteiger partial charge in [-0.3, -0.25) is 15.0 Å². The molecule has 0 bridgehead atoms. The Hall–Kier alpha value is -7.41. The van der Waals surface area contributed by atoms with E-state index in [1.807, 2.05) is 72.8 Å². The molecule has 4 aromatic heterocycles. The summed E-state index contributed by atoms with van der Waals surface area (Å²) in [6.45, 7) is 0. The lowest BCUT2D eigenvalue weighted by Crippen LogP contribution is -2.01. The molecular weight excluding hydrogens is 594 g/mol. The summed E-state index contributed by atoms with van der Waals surface area (Å²) in [6.07, 6.45) is 4.84. The second kappa shape index (κ2) is 12.9. The van der Waals surface area contributed by atoms with E-state index in [0.29, 0.717) is 51.2 Å². The van der Waals surface area contributed by atoms with Crippen LogP contribution < -0.4 is 0 Å². The van der Waals surface area contributed by atoms with Crippen molar-refractivity contribution in [1.29, 1.82) is 15.8 Å². The highest BCUT2D eigenvalue weighted by molar-refractivity contribution is 5.75. The Kier molecular flexibility index (Phi) is 7.88. The van der Waals surface area contributed by atoms with Gasteiger partial charge in [-0.1, -0.05) is 54.6 Å². The molecule has 222 valence electrons. The molecule has 0 radical (unpaired) electrons. The van der Waals surface area contributed by atoms with E-state index in [9.17, 15) is 15.8 Å². The van der Waals surface area contributed by atoms with Crippen molar-refractivity contribution < 1.29 is 0 Å². The smallest absolute Gasteiger partial charge is 0.164 e. The standard InChI is InChI=1S/C39H21N9/c40-22-25-10-13-43-34(16-25)28-4-1-7-31(19-28)37-46-38(32-8-2-5-29(20-32)35-17-26(23-41)11-14-44-35)48-39(47-37)33-9-3-6-30(21-33)36-18-27(24-42)12-15-45-36/h1-21H. The SMILES string of the molecule is N#Cc1ccnc(-c2cccc(-c3nc(-c4cccc(-c5cc(C#N)ccn5)c4)nc(-c4cccc(-c5cc(C#N)ccn5)c4)n3)c2)c1.